The van der Waals surface area contributed by atoms with Crippen molar-refractivity contribution >= 4 is 11.8 Å². The average Bonchev–Trinajstić information content (AvgIpc) is 2.45. The number of aryl methyl sites for hydroxylation is 1. The summed E-state index contributed by atoms with van der Waals surface area (Å²) < 4.78 is 0. The lowest BCUT2D eigenvalue weighted by Gasteiger charge is -2.19. The summed E-state index contributed by atoms with van der Waals surface area (Å²) in [6.07, 6.45) is 0. The molecule has 0 saturated carbocycles. The van der Waals surface area contributed by atoms with E-state index in [2.05, 4.69) is 60.7 Å². The van der Waals surface area contributed by atoms with Crippen molar-refractivity contribution in [1.82, 2.24) is 10.3 Å². The summed E-state index contributed by atoms with van der Waals surface area (Å²) in [6.45, 7) is 9.15. The Labute approximate surface area is 132 Å². The second-order valence-corrected chi connectivity index (χ2v) is 6.46. The van der Waals surface area contributed by atoms with Gasteiger partial charge < -0.3 is 10.6 Å². The van der Waals surface area contributed by atoms with E-state index in [-0.39, 0.29) is 11.4 Å². The minimum absolute atomic E-state index is 0.164. The van der Waals surface area contributed by atoms with Crippen LogP contribution in [-0.4, -0.2) is 10.9 Å². The molecular weight excluding hydrogens is 272 g/mol. The number of aromatic nitrogens is 1. The Balaban J connectivity index is 1.88. The van der Waals surface area contributed by atoms with Gasteiger partial charge in [0.05, 0.1) is 0 Å². The Kier molecular flexibility index (Phi) is 4.81. The predicted octanol–water partition coefficient (Wildman–Crippen LogP) is 3.82. The Morgan fingerprint density at radius 1 is 1.09 bits per heavy atom. The Hall–Kier alpha value is -2.36. The highest BCUT2D eigenvalue weighted by Gasteiger charge is 2.12. The molecule has 0 aliphatic carbocycles. The molecule has 0 fully saturated rings. The standard InChI is InChI=1S/C18H24N4/c1-13-6-5-7-16(21-13)22-17(19)20-12-14-8-10-15(11-9-14)18(2,3)4/h5-11H,12H2,1-4H3,(H3,19,20,21,22). The van der Waals surface area contributed by atoms with Crippen LogP contribution in [-0.2, 0) is 12.0 Å². The Morgan fingerprint density at radius 2 is 1.77 bits per heavy atom. The third-order valence-electron chi connectivity index (χ3n) is 3.43. The molecule has 0 amide bonds. The van der Waals surface area contributed by atoms with Crippen LogP contribution in [0.3, 0.4) is 0 Å². The minimum Gasteiger partial charge on any atom is -0.352 e. The van der Waals surface area contributed by atoms with Crippen LogP contribution in [0.2, 0.25) is 0 Å². The van der Waals surface area contributed by atoms with E-state index in [0.29, 0.717) is 12.4 Å². The smallest absolute Gasteiger partial charge is 0.194 e. The summed E-state index contributed by atoms with van der Waals surface area (Å²) in [6, 6.07) is 14.2. The highest BCUT2D eigenvalue weighted by Crippen LogP contribution is 2.22. The van der Waals surface area contributed by atoms with Crippen molar-refractivity contribution < 1.29 is 0 Å². The van der Waals surface area contributed by atoms with E-state index in [1.165, 1.54) is 5.56 Å². The molecule has 4 heteroatoms. The molecule has 0 aliphatic rings. The Morgan fingerprint density at radius 3 is 2.36 bits per heavy atom. The van der Waals surface area contributed by atoms with Gasteiger partial charge in [0.25, 0.3) is 0 Å². The summed E-state index contributed by atoms with van der Waals surface area (Å²) in [5.41, 5.74) is 3.55. The van der Waals surface area contributed by atoms with Gasteiger partial charge in [0.2, 0.25) is 0 Å². The molecule has 0 spiro atoms. The predicted molar refractivity (Wildman–Crippen MR) is 92.3 cm³/mol. The van der Waals surface area contributed by atoms with Gasteiger partial charge in [-0.05, 0) is 35.6 Å². The first-order valence-corrected chi connectivity index (χ1v) is 7.47. The molecule has 0 atom stereocenters. The molecule has 0 aliphatic heterocycles. The number of benzene rings is 1. The molecule has 1 aromatic carbocycles. The normalized spacial score (nSPS) is 11.1. The van der Waals surface area contributed by atoms with Gasteiger partial charge in [-0.25, -0.2) is 4.98 Å². The van der Waals surface area contributed by atoms with E-state index in [4.69, 9.17) is 5.41 Å². The molecule has 22 heavy (non-hydrogen) atoms. The van der Waals surface area contributed by atoms with E-state index in [0.717, 1.165) is 11.3 Å². The summed E-state index contributed by atoms with van der Waals surface area (Å²) in [7, 11) is 0. The van der Waals surface area contributed by atoms with Gasteiger partial charge in [-0.3, -0.25) is 5.41 Å². The first-order valence-electron chi connectivity index (χ1n) is 7.47. The number of rotatable bonds is 3. The summed E-state index contributed by atoms with van der Waals surface area (Å²) in [5, 5.41) is 13.9. The highest BCUT2D eigenvalue weighted by molar-refractivity contribution is 5.90. The first kappa shape index (κ1) is 16.0. The van der Waals surface area contributed by atoms with E-state index in [1.807, 2.05) is 25.1 Å². The van der Waals surface area contributed by atoms with E-state index < -0.39 is 0 Å². The zero-order valence-electron chi connectivity index (χ0n) is 13.7. The molecule has 0 radical (unpaired) electrons. The number of hydrogen-bond acceptors (Lipinski definition) is 2. The van der Waals surface area contributed by atoms with Crippen LogP contribution in [0, 0.1) is 12.3 Å². The minimum atomic E-state index is 0.164. The molecule has 4 nitrogen and oxygen atoms in total. The fourth-order valence-corrected chi connectivity index (χ4v) is 2.10. The molecule has 0 saturated heterocycles. The van der Waals surface area contributed by atoms with Crippen molar-refractivity contribution in [3.8, 4) is 0 Å². The van der Waals surface area contributed by atoms with Gasteiger partial charge >= 0.3 is 0 Å². The number of nitrogens with one attached hydrogen (secondary N) is 3. The number of hydrogen-bond donors (Lipinski definition) is 3. The molecule has 2 aromatic rings. The quantitative estimate of drug-likeness (QED) is 0.596. The van der Waals surface area contributed by atoms with Crippen LogP contribution >= 0.6 is 0 Å². The van der Waals surface area contributed by atoms with Crippen molar-refractivity contribution in [1.29, 1.82) is 5.41 Å². The van der Waals surface area contributed by atoms with E-state index in [1.54, 1.807) is 0 Å². The number of guanidine groups is 1. The van der Waals surface area contributed by atoms with Gasteiger partial charge in [-0.15, -0.1) is 0 Å². The molecule has 1 aromatic heterocycles. The maximum atomic E-state index is 7.93. The number of anilines is 1. The lowest BCUT2D eigenvalue weighted by molar-refractivity contribution is 0.590. The zero-order chi connectivity index (χ0) is 16.2. The van der Waals surface area contributed by atoms with Crippen LogP contribution in [0.25, 0.3) is 0 Å². The lowest BCUT2D eigenvalue weighted by Crippen LogP contribution is -2.29. The topological polar surface area (TPSA) is 60.8 Å². The number of pyridine rings is 1. The van der Waals surface area contributed by atoms with E-state index in [9.17, 15) is 0 Å². The van der Waals surface area contributed by atoms with Crippen LogP contribution in [0.15, 0.2) is 42.5 Å². The maximum absolute atomic E-state index is 7.93. The summed E-state index contributed by atoms with van der Waals surface area (Å²) >= 11 is 0. The van der Waals surface area contributed by atoms with Gasteiger partial charge in [0, 0.05) is 12.2 Å². The molecular formula is C18H24N4. The molecule has 0 unspecified atom stereocenters. The largest absolute Gasteiger partial charge is 0.352 e. The van der Waals surface area contributed by atoms with Crippen molar-refractivity contribution in [2.75, 3.05) is 5.32 Å². The molecule has 2 rings (SSSR count). The molecule has 0 bridgehead atoms. The summed E-state index contributed by atoms with van der Waals surface area (Å²) in [4.78, 5) is 4.31. The van der Waals surface area contributed by atoms with Crippen LogP contribution in [0.1, 0.15) is 37.6 Å². The fraction of sp³-hybridized carbons (Fsp3) is 0.333. The van der Waals surface area contributed by atoms with Crippen LogP contribution in [0.4, 0.5) is 5.82 Å². The van der Waals surface area contributed by atoms with Crippen molar-refractivity contribution in [2.45, 2.75) is 39.7 Å². The van der Waals surface area contributed by atoms with Gasteiger partial charge in [0.1, 0.15) is 5.82 Å². The second-order valence-electron chi connectivity index (χ2n) is 6.46. The maximum Gasteiger partial charge on any atom is 0.194 e. The molecule has 1 heterocycles. The monoisotopic (exact) mass is 296 g/mol. The van der Waals surface area contributed by atoms with Gasteiger partial charge in [-0.1, -0.05) is 51.1 Å². The third-order valence-corrected chi connectivity index (χ3v) is 3.43. The lowest BCUT2D eigenvalue weighted by atomic mass is 9.87. The van der Waals surface area contributed by atoms with Gasteiger partial charge in [-0.2, -0.15) is 0 Å². The molecule has 116 valence electrons. The summed E-state index contributed by atoms with van der Waals surface area (Å²) in [5.74, 6) is 0.929. The van der Waals surface area contributed by atoms with Crippen LogP contribution in [0.5, 0.6) is 0 Å². The van der Waals surface area contributed by atoms with Crippen molar-refractivity contribution in [2.24, 2.45) is 0 Å². The average molecular weight is 296 g/mol. The number of nitrogens with zero attached hydrogens (tertiary/aromatic N) is 1. The van der Waals surface area contributed by atoms with Crippen LogP contribution < -0.4 is 10.6 Å². The fourth-order valence-electron chi connectivity index (χ4n) is 2.10. The third kappa shape index (κ3) is 4.58. The first-order chi connectivity index (χ1) is 10.3. The van der Waals surface area contributed by atoms with Gasteiger partial charge in [0.15, 0.2) is 5.96 Å². The second kappa shape index (κ2) is 6.60. The molecule has 3 N–H and O–H groups in total. The van der Waals surface area contributed by atoms with E-state index >= 15 is 0 Å². The van der Waals surface area contributed by atoms with Crippen molar-refractivity contribution in [3.63, 3.8) is 0 Å². The Bertz CT molecular complexity index is 639. The highest BCUT2D eigenvalue weighted by atomic mass is 15.2. The van der Waals surface area contributed by atoms with Crippen molar-refractivity contribution in [3.05, 3.63) is 59.3 Å². The SMILES string of the molecule is Cc1cccc(NC(=N)NCc2ccc(C(C)(C)C)cc2)n1. The zero-order valence-corrected chi connectivity index (χ0v) is 13.7.